The largest absolute Gasteiger partial charge is 0.379 e. The Morgan fingerprint density at radius 1 is 1.32 bits per heavy atom. The zero-order valence-corrected chi connectivity index (χ0v) is 14.1. The van der Waals surface area contributed by atoms with Crippen molar-refractivity contribution in [2.75, 3.05) is 44.7 Å². The van der Waals surface area contributed by atoms with Crippen molar-refractivity contribution in [2.45, 2.75) is 26.2 Å². The molecular weight excluding hydrogens is 294 g/mol. The summed E-state index contributed by atoms with van der Waals surface area (Å²) >= 11 is 1.77. The zero-order valence-electron chi connectivity index (χ0n) is 13.3. The molecule has 0 atom stereocenters. The van der Waals surface area contributed by atoms with Crippen LogP contribution in [0.3, 0.4) is 0 Å². The first-order valence-electron chi connectivity index (χ1n) is 8.28. The molecule has 1 aliphatic rings. The van der Waals surface area contributed by atoms with Gasteiger partial charge in [0.2, 0.25) is 0 Å². The van der Waals surface area contributed by atoms with Gasteiger partial charge in [-0.1, -0.05) is 30.7 Å². The molecule has 1 N–H and O–H groups in total. The van der Waals surface area contributed by atoms with Gasteiger partial charge in [-0.15, -0.1) is 0 Å². The number of hydrogen-bond acceptors (Lipinski definition) is 5. The van der Waals surface area contributed by atoms with E-state index in [9.17, 15) is 0 Å². The van der Waals surface area contributed by atoms with E-state index >= 15 is 0 Å². The molecule has 3 rings (SSSR count). The Balaban J connectivity index is 1.54. The number of anilines is 1. The Kier molecular flexibility index (Phi) is 5.64. The average Bonchev–Trinajstić information content (AvgIpc) is 2.96. The van der Waals surface area contributed by atoms with Gasteiger partial charge >= 0.3 is 0 Å². The summed E-state index contributed by atoms with van der Waals surface area (Å²) in [4.78, 5) is 7.12. The highest BCUT2D eigenvalue weighted by molar-refractivity contribution is 7.22. The molecule has 0 bridgehead atoms. The summed E-state index contributed by atoms with van der Waals surface area (Å²) in [7, 11) is 0. The van der Waals surface area contributed by atoms with Crippen LogP contribution in [0.1, 0.15) is 25.3 Å². The van der Waals surface area contributed by atoms with E-state index in [-0.39, 0.29) is 0 Å². The van der Waals surface area contributed by atoms with Crippen LogP contribution in [0, 0.1) is 0 Å². The molecule has 2 heterocycles. The highest BCUT2D eigenvalue weighted by Crippen LogP contribution is 2.27. The fourth-order valence-corrected chi connectivity index (χ4v) is 3.68. The van der Waals surface area contributed by atoms with Crippen LogP contribution < -0.4 is 5.32 Å². The number of hydrogen-bond donors (Lipinski definition) is 1. The third kappa shape index (κ3) is 4.18. The van der Waals surface area contributed by atoms with Crippen molar-refractivity contribution < 1.29 is 4.74 Å². The number of aryl methyl sites for hydroxylation is 1. The lowest BCUT2D eigenvalue weighted by molar-refractivity contribution is 0.0398. The number of ether oxygens (including phenoxy) is 1. The Morgan fingerprint density at radius 3 is 3.00 bits per heavy atom. The number of thiazole rings is 1. The lowest BCUT2D eigenvalue weighted by Crippen LogP contribution is -2.38. The number of fused-ring (bicyclic) bond motifs is 1. The molecule has 0 amide bonds. The molecular formula is C17H25N3OS. The van der Waals surface area contributed by atoms with E-state index in [1.807, 2.05) is 0 Å². The minimum atomic E-state index is 0.863. The van der Waals surface area contributed by atoms with E-state index in [4.69, 9.17) is 4.74 Å². The van der Waals surface area contributed by atoms with Crippen LogP contribution in [0.5, 0.6) is 0 Å². The second-order valence-corrected chi connectivity index (χ2v) is 6.84. The molecule has 120 valence electrons. The molecule has 0 radical (unpaired) electrons. The monoisotopic (exact) mass is 319 g/mol. The number of morpholine rings is 1. The molecule has 0 aliphatic carbocycles. The molecule has 0 spiro atoms. The maximum atomic E-state index is 5.37. The summed E-state index contributed by atoms with van der Waals surface area (Å²) in [5.74, 6) is 0. The van der Waals surface area contributed by atoms with Crippen molar-refractivity contribution in [3.8, 4) is 0 Å². The van der Waals surface area contributed by atoms with Gasteiger partial charge in [-0.2, -0.15) is 0 Å². The number of nitrogens with zero attached hydrogens (tertiary/aromatic N) is 2. The van der Waals surface area contributed by atoms with E-state index in [0.717, 1.165) is 50.0 Å². The maximum Gasteiger partial charge on any atom is 0.183 e. The number of unbranched alkanes of at least 4 members (excludes halogenated alkanes) is 1. The molecule has 5 heteroatoms. The topological polar surface area (TPSA) is 37.4 Å². The van der Waals surface area contributed by atoms with Crippen molar-refractivity contribution in [1.82, 2.24) is 9.88 Å². The first-order valence-corrected chi connectivity index (χ1v) is 9.10. The molecule has 22 heavy (non-hydrogen) atoms. The third-order valence-electron chi connectivity index (χ3n) is 4.08. The lowest BCUT2D eigenvalue weighted by atomic mass is 10.1. The van der Waals surface area contributed by atoms with E-state index in [1.165, 1.54) is 29.5 Å². The van der Waals surface area contributed by atoms with Crippen LogP contribution in [0.4, 0.5) is 5.13 Å². The third-order valence-corrected chi connectivity index (χ3v) is 5.06. The van der Waals surface area contributed by atoms with E-state index in [0.29, 0.717) is 0 Å². The molecule has 1 saturated heterocycles. The van der Waals surface area contributed by atoms with Gasteiger partial charge in [0, 0.05) is 26.2 Å². The smallest absolute Gasteiger partial charge is 0.183 e. The van der Waals surface area contributed by atoms with Gasteiger partial charge < -0.3 is 10.1 Å². The minimum absolute atomic E-state index is 0.863. The predicted octanol–water partition coefficient (Wildman–Crippen LogP) is 3.38. The summed E-state index contributed by atoms with van der Waals surface area (Å²) in [6.07, 6.45) is 3.67. The van der Waals surface area contributed by atoms with Crippen molar-refractivity contribution >= 4 is 26.7 Å². The zero-order chi connectivity index (χ0) is 15.2. The first kappa shape index (κ1) is 15.7. The fourth-order valence-electron chi connectivity index (χ4n) is 2.73. The number of nitrogens with one attached hydrogen (secondary N) is 1. The fraction of sp³-hybridized carbons (Fsp3) is 0.588. The Bertz CT molecular complexity index is 593. The normalized spacial score (nSPS) is 16.2. The molecule has 0 unspecified atom stereocenters. The van der Waals surface area contributed by atoms with Crippen LogP contribution in [0.25, 0.3) is 10.2 Å². The summed E-state index contributed by atoms with van der Waals surface area (Å²) in [6, 6.07) is 6.68. The van der Waals surface area contributed by atoms with Gasteiger partial charge in [-0.05, 0) is 30.5 Å². The van der Waals surface area contributed by atoms with Crippen molar-refractivity contribution in [1.29, 1.82) is 0 Å². The summed E-state index contributed by atoms with van der Waals surface area (Å²) < 4.78 is 6.66. The van der Waals surface area contributed by atoms with E-state index in [1.54, 1.807) is 11.3 Å². The Labute approximate surface area is 136 Å². The van der Waals surface area contributed by atoms with Crippen molar-refractivity contribution in [3.05, 3.63) is 23.8 Å². The standard InChI is InChI=1S/C17H25N3OS/c1-2-3-4-14-5-6-15-16(13-14)22-17(19-15)18-7-8-20-9-11-21-12-10-20/h5-6,13H,2-4,7-12H2,1H3,(H,18,19). The van der Waals surface area contributed by atoms with Crippen LogP contribution in [-0.4, -0.2) is 49.3 Å². The Hall–Kier alpha value is -1.17. The second kappa shape index (κ2) is 7.90. The molecule has 1 aromatic heterocycles. The van der Waals surface area contributed by atoms with Crippen LogP contribution in [-0.2, 0) is 11.2 Å². The summed E-state index contributed by atoms with van der Waals surface area (Å²) in [5.41, 5.74) is 2.54. The molecule has 4 nitrogen and oxygen atoms in total. The van der Waals surface area contributed by atoms with Gasteiger partial charge in [-0.3, -0.25) is 4.90 Å². The predicted molar refractivity (Wildman–Crippen MR) is 94.0 cm³/mol. The van der Waals surface area contributed by atoms with Gasteiger partial charge in [-0.25, -0.2) is 4.98 Å². The molecule has 0 saturated carbocycles. The van der Waals surface area contributed by atoms with Crippen LogP contribution >= 0.6 is 11.3 Å². The maximum absolute atomic E-state index is 5.37. The van der Waals surface area contributed by atoms with Crippen LogP contribution in [0.2, 0.25) is 0 Å². The van der Waals surface area contributed by atoms with Gasteiger partial charge in [0.25, 0.3) is 0 Å². The first-order chi connectivity index (χ1) is 10.8. The number of aromatic nitrogens is 1. The molecule has 1 aliphatic heterocycles. The highest BCUT2D eigenvalue weighted by Gasteiger charge is 2.10. The average molecular weight is 319 g/mol. The van der Waals surface area contributed by atoms with Crippen molar-refractivity contribution in [3.63, 3.8) is 0 Å². The summed E-state index contributed by atoms with van der Waals surface area (Å²) in [6.45, 7) is 8.05. The van der Waals surface area contributed by atoms with Gasteiger partial charge in [0.05, 0.1) is 23.4 Å². The van der Waals surface area contributed by atoms with Gasteiger partial charge in [0.1, 0.15) is 0 Å². The van der Waals surface area contributed by atoms with E-state index in [2.05, 4.69) is 40.3 Å². The SMILES string of the molecule is CCCCc1ccc2nc(NCCN3CCOCC3)sc2c1. The number of benzene rings is 1. The summed E-state index contributed by atoms with van der Waals surface area (Å²) in [5, 5.41) is 4.51. The molecule has 2 aromatic rings. The molecule has 1 fully saturated rings. The second-order valence-electron chi connectivity index (χ2n) is 5.81. The molecule has 1 aromatic carbocycles. The lowest BCUT2D eigenvalue weighted by Gasteiger charge is -2.26. The highest BCUT2D eigenvalue weighted by atomic mass is 32.1. The van der Waals surface area contributed by atoms with E-state index < -0.39 is 0 Å². The quantitative estimate of drug-likeness (QED) is 0.849. The Morgan fingerprint density at radius 2 is 2.18 bits per heavy atom. The van der Waals surface area contributed by atoms with Crippen molar-refractivity contribution in [2.24, 2.45) is 0 Å². The minimum Gasteiger partial charge on any atom is -0.379 e. The van der Waals surface area contributed by atoms with Crippen LogP contribution in [0.15, 0.2) is 18.2 Å². The number of rotatable bonds is 7. The van der Waals surface area contributed by atoms with Gasteiger partial charge in [0.15, 0.2) is 5.13 Å².